The van der Waals surface area contributed by atoms with Gasteiger partial charge >= 0.3 is 0 Å². The quantitative estimate of drug-likeness (QED) is 0.330. The minimum absolute atomic E-state index is 1.19. The Balaban J connectivity index is 1.73. The Hall–Kier alpha value is -3.58. The van der Waals surface area contributed by atoms with Crippen LogP contribution in [0.2, 0.25) is 0 Å². The first kappa shape index (κ1) is 18.8. The monoisotopic (exact) mass is 375 g/mol. The molecule has 4 aromatic rings. The van der Waals surface area contributed by atoms with E-state index in [1.165, 1.54) is 39.2 Å². The largest absolute Gasteiger partial charge is 0.344 e. The van der Waals surface area contributed by atoms with Gasteiger partial charge in [0.15, 0.2) is 0 Å². The summed E-state index contributed by atoms with van der Waals surface area (Å²) in [6.07, 6.45) is 2.28. The highest BCUT2D eigenvalue weighted by molar-refractivity contribution is 5.91. The molecule has 0 atom stereocenters. The predicted molar refractivity (Wildman–Crippen MR) is 126 cm³/mol. The molecule has 0 unspecified atom stereocenters. The third kappa shape index (κ3) is 4.30. The summed E-state index contributed by atoms with van der Waals surface area (Å²) in [5, 5.41) is 0. The van der Waals surface area contributed by atoms with Gasteiger partial charge in [-0.05, 0) is 65.1 Å². The second-order valence-corrected chi connectivity index (χ2v) is 7.23. The molecule has 4 rings (SSSR count). The lowest BCUT2D eigenvalue weighted by Crippen LogP contribution is -2.10. The Bertz CT molecular complexity index is 1060. The van der Waals surface area contributed by atoms with Gasteiger partial charge in [0.05, 0.1) is 0 Å². The average molecular weight is 376 g/mol. The summed E-state index contributed by atoms with van der Waals surface area (Å²) in [5.74, 6) is 0. The molecular formula is C28H25N. The lowest BCUT2D eigenvalue weighted by Gasteiger charge is -2.22. The fourth-order valence-electron chi connectivity index (χ4n) is 3.67. The van der Waals surface area contributed by atoms with Crippen molar-refractivity contribution >= 4 is 23.0 Å². The van der Waals surface area contributed by atoms with Crippen molar-refractivity contribution in [3.8, 4) is 0 Å². The Morgan fingerprint density at radius 2 is 1.17 bits per heavy atom. The summed E-state index contributed by atoms with van der Waals surface area (Å²) in [7, 11) is 2.12. The second-order valence-electron chi connectivity index (χ2n) is 7.23. The molecule has 0 radical (unpaired) electrons. The summed E-state index contributed by atoms with van der Waals surface area (Å²) >= 11 is 0. The van der Waals surface area contributed by atoms with E-state index in [0.717, 1.165) is 0 Å². The normalized spacial score (nSPS) is 10.4. The molecule has 1 nitrogen and oxygen atoms in total. The summed E-state index contributed by atoms with van der Waals surface area (Å²) < 4.78 is 0. The maximum atomic E-state index is 2.28. The van der Waals surface area contributed by atoms with Crippen molar-refractivity contribution in [3.63, 3.8) is 0 Å². The van der Waals surface area contributed by atoms with Crippen molar-refractivity contribution in [1.82, 2.24) is 0 Å². The molecule has 142 valence electrons. The Labute approximate surface area is 173 Å². The minimum Gasteiger partial charge on any atom is -0.344 e. The molecule has 0 spiro atoms. The zero-order valence-corrected chi connectivity index (χ0v) is 16.9. The highest BCUT2D eigenvalue weighted by atomic mass is 15.1. The fourth-order valence-corrected chi connectivity index (χ4v) is 3.67. The summed E-state index contributed by atoms with van der Waals surface area (Å²) in [5.41, 5.74) is 8.54. The van der Waals surface area contributed by atoms with Crippen molar-refractivity contribution in [3.05, 3.63) is 131 Å². The first-order valence-electron chi connectivity index (χ1n) is 9.94. The SMILES string of the molecule is Cc1cc(C=C(c2ccccc2)c2ccccc2)ccc1N(C)c1ccccc1. The van der Waals surface area contributed by atoms with Gasteiger partial charge in [-0.15, -0.1) is 0 Å². The predicted octanol–water partition coefficient (Wildman–Crippen LogP) is 7.35. The van der Waals surface area contributed by atoms with Gasteiger partial charge in [0.2, 0.25) is 0 Å². The standard InChI is InChI=1S/C28H25N/c1-22-20-23(18-19-28(22)29(2)26-16-10-5-11-17-26)21-27(24-12-6-3-7-13-24)25-14-8-4-9-15-25/h3-21H,1-2H3. The van der Waals surface area contributed by atoms with Gasteiger partial charge in [0.25, 0.3) is 0 Å². The van der Waals surface area contributed by atoms with E-state index in [0.29, 0.717) is 0 Å². The van der Waals surface area contributed by atoms with E-state index in [-0.39, 0.29) is 0 Å². The lowest BCUT2D eigenvalue weighted by atomic mass is 9.95. The van der Waals surface area contributed by atoms with Crippen LogP contribution in [0.25, 0.3) is 11.6 Å². The molecule has 4 aromatic carbocycles. The lowest BCUT2D eigenvalue weighted by molar-refractivity contribution is 1.18. The second kappa shape index (κ2) is 8.62. The number of benzene rings is 4. The van der Waals surface area contributed by atoms with Crippen molar-refractivity contribution in [2.75, 3.05) is 11.9 Å². The number of rotatable bonds is 5. The maximum Gasteiger partial charge on any atom is 0.0438 e. The smallest absolute Gasteiger partial charge is 0.0438 e. The van der Waals surface area contributed by atoms with E-state index in [9.17, 15) is 0 Å². The van der Waals surface area contributed by atoms with Gasteiger partial charge in [0, 0.05) is 18.4 Å². The number of anilines is 2. The Morgan fingerprint density at radius 1 is 0.655 bits per heavy atom. The van der Waals surface area contributed by atoms with Crippen LogP contribution < -0.4 is 4.90 Å². The maximum absolute atomic E-state index is 2.28. The fraction of sp³-hybridized carbons (Fsp3) is 0.0714. The number of aryl methyl sites for hydroxylation is 1. The molecule has 0 heterocycles. The van der Waals surface area contributed by atoms with Crippen molar-refractivity contribution < 1.29 is 0 Å². The number of para-hydroxylation sites is 1. The van der Waals surface area contributed by atoms with E-state index < -0.39 is 0 Å². The van der Waals surface area contributed by atoms with Gasteiger partial charge in [-0.25, -0.2) is 0 Å². The van der Waals surface area contributed by atoms with E-state index in [2.05, 4.69) is 128 Å². The van der Waals surface area contributed by atoms with Crippen LogP contribution in [0.3, 0.4) is 0 Å². The molecule has 0 bridgehead atoms. The molecule has 29 heavy (non-hydrogen) atoms. The van der Waals surface area contributed by atoms with Crippen LogP contribution >= 0.6 is 0 Å². The molecule has 0 aliphatic heterocycles. The molecule has 0 saturated carbocycles. The minimum atomic E-state index is 1.19. The van der Waals surface area contributed by atoms with Crippen LogP contribution in [0, 0.1) is 6.92 Å². The van der Waals surface area contributed by atoms with Crippen LogP contribution in [-0.4, -0.2) is 7.05 Å². The molecule has 0 amide bonds. The molecule has 0 aromatic heterocycles. The summed E-state index contributed by atoms with van der Waals surface area (Å²) in [6.45, 7) is 2.18. The zero-order valence-electron chi connectivity index (χ0n) is 16.9. The van der Waals surface area contributed by atoms with E-state index in [4.69, 9.17) is 0 Å². The van der Waals surface area contributed by atoms with E-state index >= 15 is 0 Å². The first-order chi connectivity index (χ1) is 14.2. The highest BCUT2D eigenvalue weighted by Gasteiger charge is 2.09. The Morgan fingerprint density at radius 3 is 1.69 bits per heavy atom. The highest BCUT2D eigenvalue weighted by Crippen LogP contribution is 2.30. The molecule has 0 N–H and O–H groups in total. The third-order valence-electron chi connectivity index (χ3n) is 5.21. The number of nitrogens with zero attached hydrogens (tertiary/aromatic N) is 1. The van der Waals surface area contributed by atoms with Crippen LogP contribution in [0.4, 0.5) is 11.4 Å². The topological polar surface area (TPSA) is 3.24 Å². The van der Waals surface area contributed by atoms with E-state index in [1.807, 2.05) is 6.07 Å². The van der Waals surface area contributed by atoms with Crippen LogP contribution in [0.1, 0.15) is 22.3 Å². The average Bonchev–Trinajstić information content (AvgIpc) is 2.79. The molecule has 0 aliphatic rings. The Kier molecular flexibility index (Phi) is 5.58. The summed E-state index contributed by atoms with van der Waals surface area (Å²) in [4.78, 5) is 2.23. The van der Waals surface area contributed by atoms with Gasteiger partial charge in [-0.3, -0.25) is 0 Å². The van der Waals surface area contributed by atoms with Crippen LogP contribution in [-0.2, 0) is 0 Å². The molecular weight excluding hydrogens is 350 g/mol. The van der Waals surface area contributed by atoms with E-state index in [1.54, 1.807) is 0 Å². The first-order valence-corrected chi connectivity index (χ1v) is 9.94. The molecule has 0 saturated heterocycles. The van der Waals surface area contributed by atoms with Gasteiger partial charge in [0.1, 0.15) is 0 Å². The van der Waals surface area contributed by atoms with Crippen molar-refractivity contribution in [2.24, 2.45) is 0 Å². The molecule has 1 heteroatoms. The zero-order chi connectivity index (χ0) is 20.1. The summed E-state index contributed by atoms with van der Waals surface area (Å²) in [6, 6.07) is 38.3. The number of hydrogen-bond acceptors (Lipinski definition) is 1. The van der Waals surface area contributed by atoms with Crippen molar-refractivity contribution in [1.29, 1.82) is 0 Å². The van der Waals surface area contributed by atoms with Gasteiger partial charge in [-0.1, -0.05) is 84.9 Å². The van der Waals surface area contributed by atoms with Gasteiger partial charge < -0.3 is 4.90 Å². The third-order valence-corrected chi connectivity index (χ3v) is 5.21. The molecule has 0 aliphatic carbocycles. The van der Waals surface area contributed by atoms with Crippen molar-refractivity contribution in [2.45, 2.75) is 6.92 Å². The molecule has 0 fully saturated rings. The van der Waals surface area contributed by atoms with Crippen LogP contribution in [0.5, 0.6) is 0 Å². The van der Waals surface area contributed by atoms with Crippen LogP contribution in [0.15, 0.2) is 109 Å². The number of hydrogen-bond donors (Lipinski definition) is 0. The van der Waals surface area contributed by atoms with Gasteiger partial charge in [-0.2, -0.15) is 0 Å².